The summed E-state index contributed by atoms with van der Waals surface area (Å²) in [7, 11) is 0. The summed E-state index contributed by atoms with van der Waals surface area (Å²) in [5.41, 5.74) is 8.69. The van der Waals surface area contributed by atoms with E-state index in [1.807, 2.05) is 12.1 Å². The molecule has 3 rings (SSSR count). The fraction of sp³-hybridized carbons (Fsp3) is 0.516. The largest absolute Gasteiger partial charge is 0.478 e. The average molecular weight is 447 g/mol. The standard InChI is InChI=1S/C31H42O2/c1-9-22(10-2)11-16-25-18-27-28(31(7,8)21(4)30(27,5)6)19-26(25)20(3)17-23-12-14-24(15-13-23)29(32)33/h12-15,17-19,21-22H,9-11,16H2,1-8H3,(H,32,33)/b20-17+. The third-order valence-corrected chi connectivity index (χ3v) is 8.74. The number of benzene rings is 2. The van der Waals surface area contributed by atoms with Gasteiger partial charge in [-0.1, -0.05) is 91.6 Å². The van der Waals surface area contributed by atoms with E-state index in [1.165, 1.54) is 47.1 Å². The van der Waals surface area contributed by atoms with Crippen molar-refractivity contribution in [2.24, 2.45) is 11.8 Å². The second-order valence-electron chi connectivity index (χ2n) is 11.2. The van der Waals surface area contributed by atoms with E-state index >= 15 is 0 Å². The van der Waals surface area contributed by atoms with E-state index in [4.69, 9.17) is 0 Å². The lowest BCUT2D eigenvalue weighted by Gasteiger charge is -2.32. The van der Waals surface area contributed by atoms with Crippen molar-refractivity contribution >= 4 is 17.6 Å². The van der Waals surface area contributed by atoms with Crippen LogP contribution >= 0.6 is 0 Å². The monoisotopic (exact) mass is 446 g/mol. The Morgan fingerprint density at radius 3 is 2.06 bits per heavy atom. The Bertz CT molecular complexity index is 1030. The quantitative estimate of drug-likeness (QED) is 0.413. The van der Waals surface area contributed by atoms with Crippen LogP contribution in [0.4, 0.5) is 0 Å². The van der Waals surface area contributed by atoms with Gasteiger partial charge in [-0.05, 0) is 88.0 Å². The Kier molecular flexibility index (Phi) is 7.27. The zero-order chi connectivity index (χ0) is 24.6. The first kappa shape index (κ1) is 25.3. The van der Waals surface area contributed by atoms with Crippen molar-refractivity contribution in [3.05, 3.63) is 69.8 Å². The highest BCUT2D eigenvalue weighted by Gasteiger charge is 2.48. The fourth-order valence-electron chi connectivity index (χ4n) is 5.76. The maximum absolute atomic E-state index is 11.2. The highest BCUT2D eigenvalue weighted by atomic mass is 16.4. The van der Waals surface area contributed by atoms with E-state index in [1.54, 1.807) is 12.1 Å². The van der Waals surface area contributed by atoms with Crippen LogP contribution in [0.15, 0.2) is 36.4 Å². The highest BCUT2D eigenvalue weighted by molar-refractivity contribution is 5.88. The topological polar surface area (TPSA) is 37.3 Å². The third kappa shape index (κ3) is 4.81. The molecule has 1 aliphatic rings. The van der Waals surface area contributed by atoms with Crippen LogP contribution in [-0.4, -0.2) is 11.1 Å². The first-order valence-electron chi connectivity index (χ1n) is 12.6. The van der Waals surface area contributed by atoms with Gasteiger partial charge in [-0.25, -0.2) is 4.79 Å². The minimum absolute atomic E-state index is 0.130. The zero-order valence-corrected chi connectivity index (χ0v) is 21.9. The van der Waals surface area contributed by atoms with Gasteiger partial charge < -0.3 is 5.11 Å². The molecule has 1 aliphatic carbocycles. The molecule has 1 N–H and O–H groups in total. The number of carboxylic acids is 1. The average Bonchev–Trinajstić information content (AvgIpc) is 2.91. The van der Waals surface area contributed by atoms with Gasteiger partial charge in [0.05, 0.1) is 5.56 Å². The molecule has 2 aromatic carbocycles. The smallest absolute Gasteiger partial charge is 0.335 e. The number of aryl methyl sites for hydroxylation is 1. The SMILES string of the molecule is CCC(CC)CCc1cc2c(cc1/C(C)=C/c1ccc(C(=O)O)cc1)C(C)(C)C(C)C2(C)C. The van der Waals surface area contributed by atoms with Crippen LogP contribution in [0.25, 0.3) is 11.6 Å². The molecular formula is C31H42O2. The molecular weight excluding hydrogens is 404 g/mol. The van der Waals surface area contributed by atoms with Gasteiger partial charge in [0.25, 0.3) is 0 Å². The van der Waals surface area contributed by atoms with Crippen LogP contribution in [0.2, 0.25) is 0 Å². The predicted molar refractivity (Wildman–Crippen MR) is 141 cm³/mol. The molecule has 1 atom stereocenters. The van der Waals surface area contributed by atoms with E-state index in [-0.39, 0.29) is 10.8 Å². The van der Waals surface area contributed by atoms with Crippen LogP contribution in [-0.2, 0) is 17.3 Å². The summed E-state index contributed by atoms with van der Waals surface area (Å²) in [6, 6.07) is 12.2. The molecule has 0 fully saturated rings. The first-order valence-corrected chi connectivity index (χ1v) is 12.6. The molecule has 1 unspecified atom stereocenters. The van der Waals surface area contributed by atoms with Gasteiger partial charge in [0.15, 0.2) is 0 Å². The van der Waals surface area contributed by atoms with E-state index in [9.17, 15) is 9.90 Å². The maximum Gasteiger partial charge on any atom is 0.335 e. The van der Waals surface area contributed by atoms with Gasteiger partial charge in [-0.2, -0.15) is 0 Å². The van der Waals surface area contributed by atoms with Crippen LogP contribution in [0.5, 0.6) is 0 Å². The number of carboxylic acid groups (broad SMARTS) is 1. The Hall–Kier alpha value is -2.35. The molecule has 0 saturated heterocycles. The van der Waals surface area contributed by atoms with Gasteiger partial charge in [0.1, 0.15) is 0 Å². The predicted octanol–water partition coefficient (Wildman–Crippen LogP) is 8.52. The molecule has 178 valence electrons. The van der Waals surface area contributed by atoms with Gasteiger partial charge in [0, 0.05) is 0 Å². The number of carbonyl (C=O) groups is 1. The van der Waals surface area contributed by atoms with Crippen molar-refractivity contribution in [1.29, 1.82) is 0 Å². The fourth-order valence-corrected chi connectivity index (χ4v) is 5.76. The Balaban J connectivity index is 2.10. The molecule has 0 amide bonds. The number of hydrogen-bond donors (Lipinski definition) is 1. The van der Waals surface area contributed by atoms with Crippen LogP contribution in [0, 0.1) is 11.8 Å². The number of rotatable bonds is 8. The minimum atomic E-state index is -0.886. The van der Waals surface area contributed by atoms with Gasteiger partial charge in [-0.3, -0.25) is 0 Å². The van der Waals surface area contributed by atoms with Crippen molar-refractivity contribution in [2.45, 2.75) is 91.9 Å². The van der Waals surface area contributed by atoms with Crippen LogP contribution in [0.3, 0.4) is 0 Å². The molecule has 2 nitrogen and oxygen atoms in total. The number of hydrogen-bond acceptors (Lipinski definition) is 1. The summed E-state index contributed by atoms with van der Waals surface area (Å²) in [6.45, 7) is 18.8. The zero-order valence-electron chi connectivity index (χ0n) is 21.9. The lowest BCUT2D eigenvalue weighted by molar-refractivity contribution is 0.0697. The Morgan fingerprint density at radius 2 is 1.55 bits per heavy atom. The molecule has 0 aliphatic heterocycles. The van der Waals surface area contributed by atoms with Gasteiger partial charge >= 0.3 is 5.97 Å². The second kappa shape index (κ2) is 9.49. The molecule has 0 spiro atoms. The van der Waals surface area contributed by atoms with Crippen molar-refractivity contribution in [3.63, 3.8) is 0 Å². The van der Waals surface area contributed by atoms with Crippen molar-refractivity contribution in [3.8, 4) is 0 Å². The minimum Gasteiger partial charge on any atom is -0.478 e. The van der Waals surface area contributed by atoms with Crippen LogP contribution < -0.4 is 0 Å². The summed E-state index contributed by atoms with van der Waals surface area (Å²) in [5, 5.41) is 9.20. The molecule has 0 aromatic heterocycles. The summed E-state index contributed by atoms with van der Waals surface area (Å²) in [6.07, 6.45) is 6.99. The van der Waals surface area contributed by atoms with Gasteiger partial charge in [0.2, 0.25) is 0 Å². The van der Waals surface area contributed by atoms with Crippen molar-refractivity contribution in [1.82, 2.24) is 0 Å². The van der Waals surface area contributed by atoms with Crippen molar-refractivity contribution < 1.29 is 9.90 Å². The first-order chi connectivity index (χ1) is 15.4. The Morgan fingerprint density at radius 1 is 1.00 bits per heavy atom. The summed E-state index contributed by atoms with van der Waals surface area (Å²) >= 11 is 0. The Labute approximate surface area is 201 Å². The molecule has 0 bridgehead atoms. The molecule has 2 heteroatoms. The molecule has 0 radical (unpaired) electrons. The molecule has 0 heterocycles. The van der Waals surface area contributed by atoms with E-state index in [0.717, 1.165) is 17.9 Å². The summed E-state index contributed by atoms with van der Waals surface area (Å²) < 4.78 is 0. The van der Waals surface area contributed by atoms with Crippen molar-refractivity contribution in [2.75, 3.05) is 0 Å². The molecule has 33 heavy (non-hydrogen) atoms. The molecule has 0 saturated carbocycles. The van der Waals surface area contributed by atoms with E-state index in [0.29, 0.717) is 11.5 Å². The second-order valence-corrected chi connectivity index (χ2v) is 11.2. The number of fused-ring (bicyclic) bond motifs is 1. The lowest BCUT2D eigenvalue weighted by atomic mass is 9.71. The molecule has 2 aromatic rings. The van der Waals surface area contributed by atoms with Crippen LogP contribution in [0.1, 0.15) is 113 Å². The number of aromatic carboxylic acids is 1. The normalized spacial score (nSPS) is 19.1. The van der Waals surface area contributed by atoms with E-state index in [2.05, 4.69) is 73.6 Å². The number of allylic oxidation sites excluding steroid dienone is 1. The van der Waals surface area contributed by atoms with E-state index < -0.39 is 5.97 Å². The maximum atomic E-state index is 11.2. The summed E-state index contributed by atoms with van der Waals surface area (Å²) in [5.74, 6) is 0.445. The summed E-state index contributed by atoms with van der Waals surface area (Å²) in [4.78, 5) is 11.2. The third-order valence-electron chi connectivity index (χ3n) is 8.74. The highest BCUT2D eigenvalue weighted by Crippen LogP contribution is 2.54. The lowest BCUT2D eigenvalue weighted by Crippen LogP contribution is -2.30. The van der Waals surface area contributed by atoms with Gasteiger partial charge in [-0.15, -0.1) is 0 Å².